The molecule has 0 N–H and O–H groups in total. The number of hydrogen-bond donors (Lipinski definition) is 0. The zero-order valence-electron chi connectivity index (χ0n) is 40.2. The minimum Gasteiger partial charge on any atom is -0.509 e. The average molecular weight is 1090 g/mol. The first kappa shape index (κ1) is 45.0. The number of ether oxygens (including phenoxy) is 1. The van der Waals surface area contributed by atoms with Crippen molar-refractivity contribution in [3.8, 4) is 45.3 Å². The molecule has 0 saturated heterocycles. The molecule has 0 saturated carbocycles. The number of fused-ring (bicyclic) bond motifs is 7. The van der Waals surface area contributed by atoms with Crippen molar-refractivity contribution in [1.29, 1.82) is 0 Å². The third kappa shape index (κ3) is 7.64. The van der Waals surface area contributed by atoms with Crippen LogP contribution in [0.1, 0.15) is 57.4 Å². The van der Waals surface area contributed by atoms with Crippen LogP contribution in [0.15, 0.2) is 170 Å². The Kier molecular flexibility index (Phi) is 11.2. The van der Waals surface area contributed by atoms with Crippen LogP contribution in [0.2, 0.25) is 0 Å². The number of hydrogen-bond acceptors (Lipinski definition) is 5. The van der Waals surface area contributed by atoms with E-state index < -0.39 is 0 Å². The number of pyridine rings is 2. The van der Waals surface area contributed by atoms with Crippen LogP contribution in [0.25, 0.3) is 77.4 Å². The molecular weight excluding hydrogens is 1040 g/mol. The minimum atomic E-state index is -0.168. The SMILES string of the molecule is Cc1ccc2c(c1)c1ccc(Oc3[c-]c(N4[CH-]N(C)c5ccc(C(C)C)nc54)cc(C(C)(C)C)c3)[c-]c1n2-c1cc(-n2c3c(-c4ccccc4)cccc3c3cccc(-c4ccccc4)c32)ccn1.[Pt]. The Hall–Kier alpha value is -7.47. The molecule has 348 valence electrons. The number of rotatable bonds is 8. The summed E-state index contributed by atoms with van der Waals surface area (Å²) in [6.07, 6.45) is 1.93. The summed E-state index contributed by atoms with van der Waals surface area (Å²) >= 11 is 0. The Bertz CT molecular complexity index is 3700. The van der Waals surface area contributed by atoms with Gasteiger partial charge in [0.1, 0.15) is 11.6 Å². The van der Waals surface area contributed by atoms with E-state index in [9.17, 15) is 0 Å². The van der Waals surface area contributed by atoms with E-state index >= 15 is 0 Å². The van der Waals surface area contributed by atoms with Crippen LogP contribution in [-0.4, -0.2) is 26.1 Å². The van der Waals surface area contributed by atoms with Gasteiger partial charge < -0.3 is 23.7 Å². The van der Waals surface area contributed by atoms with Crippen molar-refractivity contribution in [2.75, 3.05) is 16.8 Å². The molecule has 0 aliphatic carbocycles. The van der Waals surface area contributed by atoms with E-state index in [-0.39, 0.29) is 26.5 Å². The molecule has 8 heteroatoms. The molecule has 0 atom stereocenters. The van der Waals surface area contributed by atoms with Crippen LogP contribution in [0.3, 0.4) is 0 Å². The number of aromatic nitrogens is 4. The van der Waals surface area contributed by atoms with Gasteiger partial charge in [-0.2, -0.15) is 12.7 Å². The van der Waals surface area contributed by atoms with Gasteiger partial charge in [0, 0.05) is 83.6 Å². The van der Waals surface area contributed by atoms with E-state index in [1.54, 1.807) is 0 Å². The monoisotopic (exact) mass is 1090 g/mol. The maximum Gasteiger partial charge on any atom is 0.137 e. The second-order valence-corrected chi connectivity index (χ2v) is 19.6. The van der Waals surface area contributed by atoms with Crippen LogP contribution in [0, 0.1) is 25.7 Å². The number of anilines is 3. The van der Waals surface area contributed by atoms with E-state index in [0.717, 1.165) is 95.0 Å². The van der Waals surface area contributed by atoms with Crippen molar-refractivity contribution >= 4 is 60.8 Å². The van der Waals surface area contributed by atoms with Gasteiger partial charge in [0.2, 0.25) is 0 Å². The third-order valence-corrected chi connectivity index (χ3v) is 13.5. The maximum atomic E-state index is 6.88. The Morgan fingerprint density at radius 2 is 1.31 bits per heavy atom. The predicted molar refractivity (Wildman–Crippen MR) is 285 cm³/mol. The van der Waals surface area contributed by atoms with Crippen LogP contribution in [0.4, 0.5) is 17.2 Å². The van der Waals surface area contributed by atoms with Gasteiger partial charge in [-0.15, -0.1) is 41.3 Å². The molecule has 5 heterocycles. The Morgan fingerprint density at radius 3 is 1.97 bits per heavy atom. The molecule has 11 aromatic rings. The summed E-state index contributed by atoms with van der Waals surface area (Å²) in [5.74, 6) is 3.14. The van der Waals surface area contributed by atoms with Crippen molar-refractivity contribution in [2.24, 2.45) is 0 Å². The van der Waals surface area contributed by atoms with Crippen molar-refractivity contribution in [1.82, 2.24) is 19.1 Å². The number of nitrogens with zero attached hydrogens (tertiary/aromatic N) is 6. The molecule has 4 aromatic heterocycles. The van der Waals surface area contributed by atoms with E-state index in [1.807, 2.05) is 12.3 Å². The maximum absolute atomic E-state index is 6.88. The Labute approximate surface area is 423 Å². The van der Waals surface area contributed by atoms with Gasteiger partial charge in [0.05, 0.1) is 16.7 Å². The summed E-state index contributed by atoms with van der Waals surface area (Å²) in [5.41, 5.74) is 14.9. The fraction of sp³-hybridized carbons (Fsp3) is 0.145. The molecule has 1 aliphatic rings. The molecule has 12 rings (SSSR count). The summed E-state index contributed by atoms with van der Waals surface area (Å²) in [7, 11) is 2.06. The Balaban J connectivity index is 0.00000533. The standard InChI is InChI=1S/C62H51N6O.Pt/c1-39(2)54-27-29-56-61(64-54)66(38-65(56)7)45-33-43(62(4,5)6)34-47(35-45)69-46-25-26-50-53-32-40(3)24-28-55(53)68(57(50)37-46)58-36-44(30-31-63-58)67-59-48(41-16-10-8-11-17-41)20-14-22-51(59)52-23-15-21-49(60(52)67)42-18-12-9-13-19-42;/h8-34,36,38-39H,1-7H3;/q-3;. The summed E-state index contributed by atoms with van der Waals surface area (Å²) in [6, 6.07) is 65.8. The number of benzene rings is 7. The molecule has 0 bridgehead atoms. The molecule has 70 heavy (non-hydrogen) atoms. The third-order valence-electron chi connectivity index (χ3n) is 13.5. The normalized spacial score (nSPS) is 12.7. The van der Waals surface area contributed by atoms with E-state index in [1.165, 1.54) is 16.3 Å². The van der Waals surface area contributed by atoms with Gasteiger partial charge in [-0.1, -0.05) is 161 Å². The Morgan fingerprint density at radius 1 is 0.629 bits per heavy atom. The fourth-order valence-corrected chi connectivity index (χ4v) is 10.0. The van der Waals surface area contributed by atoms with Crippen LogP contribution >= 0.6 is 0 Å². The first-order chi connectivity index (χ1) is 33.5. The predicted octanol–water partition coefficient (Wildman–Crippen LogP) is 15.8. The van der Waals surface area contributed by atoms with E-state index in [0.29, 0.717) is 17.4 Å². The van der Waals surface area contributed by atoms with E-state index in [2.05, 4.69) is 244 Å². The molecule has 0 unspecified atom stereocenters. The second kappa shape index (κ2) is 17.5. The van der Waals surface area contributed by atoms with Crippen molar-refractivity contribution < 1.29 is 25.8 Å². The van der Waals surface area contributed by atoms with Crippen LogP contribution in [-0.2, 0) is 26.5 Å². The minimum absolute atomic E-state index is 0. The summed E-state index contributed by atoms with van der Waals surface area (Å²) in [5, 5.41) is 4.57. The molecular formula is C62H51N6OPt-3. The summed E-state index contributed by atoms with van der Waals surface area (Å²) in [4.78, 5) is 14.5. The van der Waals surface area contributed by atoms with Gasteiger partial charge in [-0.05, 0) is 66.1 Å². The number of para-hydroxylation sites is 2. The van der Waals surface area contributed by atoms with Gasteiger partial charge in [0.15, 0.2) is 0 Å². The molecule has 0 fully saturated rings. The smallest absolute Gasteiger partial charge is 0.137 e. The van der Waals surface area contributed by atoms with Crippen molar-refractivity contribution in [2.45, 2.75) is 52.9 Å². The quantitative estimate of drug-likeness (QED) is 0.142. The first-order valence-corrected chi connectivity index (χ1v) is 23.7. The zero-order chi connectivity index (χ0) is 47.1. The molecule has 7 aromatic carbocycles. The van der Waals surface area contributed by atoms with Crippen molar-refractivity contribution in [3.63, 3.8) is 0 Å². The first-order valence-electron chi connectivity index (χ1n) is 23.7. The molecule has 7 nitrogen and oxygen atoms in total. The molecule has 0 spiro atoms. The van der Waals surface area contributed by atoms with Gasteiger partial charge >= 0.3 is 0 Å². The van der Waals surface area contributed by atoms with Crippen molar-refractivity contribution in [3.05, 3.63) is 206 Å². The van der Waals surface area contributed by atoms with Crippen LogP contribution < -0.4 is 14.5 Å². The largest absolute Gasteiger partial charge is 0.509 e. The van der Waals surface area contributed by atoms with E-state index in [4.69, 9.17) is 14.7 Å². The van der Waals surface area contributed by atoms with Gasteiger partial charge in [0.25, 0.3) is 0 Å². The topological polar surface area (TPSA) is 51.4 Å². The van der Waals surface area contributed by atoms with Gasteiger partial charge in [-0.25, -0.2) is 9.97 Å². The summed E-state index contributed by atoms with van der Waals surface area (Å²) < 4.78 is 11.6. The second-order valence-electron chi connectivity index (χ2n) is 19.6. The average Bonchev–Trinajstić information content (AvgIpc) is 4.00. The fourth-order valence-electron chi connectivity index (χ4n) is 10.0. The molecule has 0 radical (unpaired) electrons. The molecule has 0 amide bonds. The molecule has 1 aliphatic heterocycles. The van der Waals surface area contributed by atoms with Gasteiger partial charge in [-0.3, -0.25) is 0 Å². The summed E-state index contributed by atoms with van der Waals surface area (Å²) in [6.45, 7) is 15.2. The van der Waals surface area contributed by atoms with Crippen LogP contribution in [0.5, 0.6) is 11.5 Å². The number of aryl methyl sites for hydroxylation is 1. The zero-order valence-corrected chi connectivity index (χ0v) is 42.5.